The van der Waals surface area contributed by atoms with Gasteiger partial charge >= 0.3 is 5.97 Å². The van der Waals surface area contributed by atoms with Crippen molar-refractivity contribution in [2.24, 2.45) is 0 Å². The molecule has 0 bridgehead atoms. The quantitative estimate of drug-likeness (QED) is 0.0320. The summed E-state index contributed by atoms with van der Waals surface area (Å²) in [7, 11) is 0. The van der Waals surface area contributed by atoms with Crippen molar-refractivity contribution >= 4 is 11.9 Å². The second kappa shape index (κ2) is 75.8. The van der Waals surface area contributed by atoms with Crippen LogP contribution in [0, 0.1) is 0 Å². The Balaban J connectivity index is 3.36. The molecule has 6 heteroatoms. The maximum atomic E-state index is 12.6. The minimum Gasteiger partial charge on any atom is -0.466 e. The number of rotatable bonds is 75. The molecule has 0 fully saturated rings. The molecule has 86 heavy (non-hydrogen) atoms. The van der Waals surface area contributed by atoms with Crippen LogP contribution in [0.5, 0.6) is 0 Å². The first-order chi connectivity index (χ1) is 42.5. The summed E-state index contributed by atoms with van der Waals surface area (Å²) in [5.74, 6) is -0.0463. The molecule has 0 saturated carbocycles. The van der Waals surface area contributed by atoms with Gasteiger partial charge in [-0.25, -0.2) is 0 Å². The van der Waals surface area contributed by atoms with Crippen LogP contribution < -0.4 is 5.32 Å². The van der Waals surface area contributed by atoms with Gasteiger partial charge in [0.05, 0.1) is 25.4 Å². The van der Waals surface area contributed by atoms with Crippen molar-refractivity contribution in [3.05, 3.63) is 24.3 Å². The van der Waals surface area contributed by atoms with E-state index in [1.807, 2.05) is 6.08 Å². The zero-order valence-corrected chi connectivity index (χ0v) is 58.6. The number of hydrogen-bond acceptors (Lipinski definition) is 5. The summed E-state index contributed by atoms with van der Waals surface area (Å²) >= 11 is 0. The standard InChI is InChI=1S/C80H155NO5/c1-3-5-7-9-11-13-15-17-18-19-20-21-22-31-34-37-40-43-46-49-52-56-60-64-68-72-78(83)77(76-82)81-79(84)73-69-65-61-57-53-50-47-44-41-38-35-32-29-27-25-23-24-26-28-30-33-36-39-42-45-48-51-55-59-63-67-71-75-86-80(85)74-70-66-62-58-54-16-14-12-10-8-6-4-2/h12,14,68,72,77-78,82-83H,3-11,13,15-67,69-71,73-76H2,1-2H3,(H,81,84)/b14-12-,72-68+. The van der Waals surface area contributed by atoms with Crippen molar-refractivity contribution in [2.45, 2.75) is 463 Å². The molecule has 0 spiro atoms. The fourth-order valence-electron chi connectivity index (χ4n) is 12.7. The highest BCUT2D eigenvalue weighted by Gasteiger charge is 2.18. The van der Waals surface area contributed by atoms with Crippen molar-refractivity contribution in [3.8, 4) is 0 Å². The van der Waals surface area contributed by atoms with Gasteiger partial charge in [0.2, 0.25) is 5.91 Å². The highest BCUT2D eigenvalue weighted by atomic mass is 16.5. The highest BCUT2D eigenvalue weighted by molar-refractivity contribution is 5.76. The molecule has 0 aromatic rings. The number of nitrogens with one attached hydrogen (secondary N) is 1. The summed E-state index contributed by atoms with van der Waals surface area (Å²) in [5.41, 5.74) is 0. The van der Waals surface area contributed by atoms with E-state index in [1.165, 1.54) is 379 Å². The van der Waals surface area contributed by atoms with Crippen molar-refractivity contribution in [1.82, 2.24) is 5.32 Å². The Kier molecular flexibility index (Phi) is 74.3. The summed E-state index contributed by atoms with van der Waals surface area (Å²) in [5, 5.41) is 23.3. The SMILES string of the molecule is CCCCC/C=C\CCCCCCCC(=O)OCCCCCCCCCCCCCCCCCCCCCCCCCCCCCCCCCCC(=O)NC(CO)C(O)/C=C/CCCCCCCCCCCCCCCCCCCCCCCCC. The van der Waals surface area contributed by atoms with Gasteiger partial charge in [-0.3, -0.25) is 9.59 Å². The second-order valence-corrected chi connectivity index (χ2v) is 27.4. The van der Waals surface area contributed by atoms with Gasteiger partial charge in [-0.2, -0.15) is 0 Å². The van der Waals surface area contributed by atoms with Gasteiger partial charge in [0.1, 0.15) is 0 Å². The van der Waals surface area contributed by atoms with Crippen molar-refractivity contribution < 1.29 is 24.5 Å². The number of allylic oxidation sites excluding steroid dienone is 3. The summed E-state index contributed by atoms with van der Waals surface area (Å²) in [6.45, 7) is 4.93. The second-order valence-electron chi connectivity index (χ2n) is 27.4. The molecule has 6 nitrogen and oxygen atoms in total. The Labute approximate surface area is 539 Å². The van der Waals surface area contributed by atoms with Gasteiger partial charge in [0, 0.05) is 12.8 Å². The fourth-order valence-corrected chi connectivity index (χ4v) is 12.7. The van der Waals surface area contributed by atoms with Crippen LogP contribution in [0.1, 0.15) is 450 Å². The van der Waals surface area contributed by atoms with E-state index in [1.54, 1.807) is 6.08 Å². The van der Waals surface area contributed by atoms with Gasteiger partial charge < -0.3 is 20.3 Å². The summed E-state index contributed by atoms with van der Waals surface area (Å²) in [6.07, 6.45) is 97.3. The van der Waals surface area contributed by atoms with Gasteiger partial charge in [-0.15, -0.1) is 0 Å². The smallest absolute Gasteiger partial charge is 0.305 e. The molecule has 1 amide bonds. The normalized spacial score (nSPS) is 12.6. The molecule has 0 radical (unpaired) electrons. The fraction of sp³-hybridized carbons (Fsp3) is 0.925. The third-order valence-electron chi connectivity index (χ3n) is 18.7. The van der Waals surface area contributed by atoms with Gasteiger partial charge in [-0.05, 0) is 57.8 Å². The van der Waals surface area contributed by atoms with Crippen LogP contribution in [-0.2, 0) is 14.3 Å². The lowest BCUT2D eigenvalue weighted by Crippen LogP contribution is -2.45. The predicted molar refractivity (Wildman–Crippen MR) is 380 cm³/mol. The third-order valence-corrected chi connectivity index (χ3v) is 18.7. The van der Waals surface area contributed by atoms with Crippen molar-refractivity contribution in [1.29, 1.82) is 0 Å². The summed E-state index contributed by atoms with van der Waals surface area (Å²) in [6, 6.07) is -0.626. The summed E-state index contributed by atoms with van der Waals surface area (Å²) in [4.78, 5) is 24.6. The lowest BCUT2D eigenvalue weighted by Gasteiger charge is -2.20. The van der Waals surface area contributed by atoms with E-state index in [4.69, 9.17) is 4.74 Å². The highest BCUT2D eigenvalue weighted by Crippen LogP contribution is 2.20. The molecule has 510 valence electrons. The number of hydrogen-bond donors (Lipinski definition) is 3. The molecule has 0 saturated heterocycles. The van der Waals surface area contributed by atoms with E-state index in [-0.39, 0.29) is 18.5 Å². The molecular formula is C80H155NO5. The van der Waals surface area contributed by atoms with Crippen molar-refractivity contribution in [2.75, 3.05) is 13.2 Å². The number of carbonyl (C=O) groups excluding carboxylic acids is 2. The molecule has 0 aliphatic heterocycles. The zero-order valence-electron chi connectivity index (χ0n) is 58.6. The maximum Gasteiger partial charge on any atom is 0.305 e. The largest absolute Gasteiger partial charge is 0.466 e. The molecule has 0 aliphatic rings. The molecule has 0 heterocycles. The van der Waals surface area contributed by atoms with Gasteiger partial charge in [-0.1, -0.05) is 404 Å². The van der Waals surface area contributed by atoms with Gasteiger partial charge in [0.15, 0.2) is 0 Å². The molecule has 3 N–H and O–H groups in total. The minimum absolute atomic E-state index is 0.0117. The Hall–Kier alpha value is -1.66. The maximum absolute atomic E-state index is 12.6. The van der Waals surface area contributed by atoms with Crippen LogP contribution in [0.15, 0.2) is 24.3 Å². The van der Waals surface area contributed by atoms with E-state index in [9.17, 15) is 19.8 Å². The zero-order chi connectivity index (χ0) is 62.0. The average molecular weight is 1210 g/mol. The Morgan fingerprint density at radius 1 is 0.314 bits per heavy atom. The molecule has 0 aromatic heterocycles. The molecule has 2 atom stereocenters. The first kappa shape index (κ1) is 84.3. The van der Waals surface area contributed by atoms with Crippen LogP contribution in [0.25, 0.3) is 0 Å². The lowest BCUT2D eigenvalue weighted by atomic mass is 10.0. The van der Waals surface area contributed by atoms with Crippen LogP contribution in [0.2, 0.25) is 0 Å². The van der Waals surface area contributed by atoms with E-state index in [2.05, 4.69) is 31.3 Å². The third kappa shape index (κ3) is 71.4. The Bertz CT molecular complexity index is 1350. The Morgan fingerprint density at radius 2 is 0.547 bits per heavy atom. The van der Waals surface area contributed by atoms with Crippen LogP contribution in [0.3, 0.4) is 0 Å². The predicted octanol–water partition coefficient (Wildman–Crippen LogP) is 26.0. The minimum atomic E-state index is -0.843. The monoisotopic (exact) mass is 1210 g/mol. The molecule has 0 rings (SSSR count). The van der Waals surface area contributed by atoms with E-state index >= 15 is 0 Å². The number of esters is 1. The number of ether oxygens (including phenoxy) is 1. The molecular weight excluding hydrogens is 1050 g/mol. The lowest BCUT2D eigenvalue weighted by molar-refractivity contribution is -0.143. The number of aliphatic hydroxyl groups excluding tert-OH is 2. The van der Waals surface area contributed by atoms with Crippen LogP contribution in [-0.4, -0.2) is 47.4 Å². The number of amides is 1. The van der Waals surface area contributed by atoms with E-state index < -0.39 is 12.1 Å². The first-order valence-electron chi connectivity index (χ1n) is 39.6. The van der Waals surface area contributed by atoms with E-state index in [0.29, 0.717) is 19.4 Å². The molecule has 0 aliphatic carbocycles. The van der Waals surface area contributed by atoms with E-state index in [0.717, 1.165) is 44.9 Å². The summed E-state index contributed by atoms with van der Waals surface area (Å²) < 4.78 is 5.48. The Morgan fingerprint density at radius 3 is 0.849 bits per heavy atom. The number of carbonyl (C=O) groups is 2. The topological polar surface area (TPSA) is 95.9 Å². The number of unbranched alkanes of at least 4 members (excludes halogenated alkanes) is 62. The van der Waals surface area contributed by atoms with Crippen molar-refractivity contribution in [3.63, 3.8) is 0 Å². The first-order valence-corrected chi connectivity index (χ1v) is 39.6. The van der Waals surface area contributed by atoms with Crippen LogP contribution in [0.4, 0.5) is 0 Å². The molecule has 2 unspecified atom stereocenters. The number of aliphatic hydroxyl groups is 2. The molecule has 0 aromatic carbocycles. The average Bonchev–Trinajstić information content (AvgIpc) is 3.54. The van der Waals surface area contributed by atoms with Crippen LogP contribution >= 0.6 is 0 Å². The van der Waals surface area contributed by atoms with Gasteiger partial charge in [0.25, 0.3) is 0 Å².